The van der Waals surface area contributed by atoms with Gasteiger partial charge in [-0.05, 0) is 19.1 Å². The fourth-order valence-corrected chi connectivity index (χ4v) is 2.45. The number of hydrogen-bond donors (Lipinski definition) is 2. The van der Waals surface area contributed by atoms with Crippen LogP contribution in [0.2, 0.25) is 10.0 Å². The molecule has 108 valence electrons. The Balaban J connectivity index is 2.45. The van der Waals surface area contributed by atoms with E-state index in [9.17, 15) is 4.79 Å². The molecule has 1 aromatic heterocycles. The molecule has 0 aliphatic heterocycles. The minimum absolute atomic E-state index is 0.284. The van der Waals surface area contributed by atoms with Crippen LogP contribution < -0.4 is 11.1 Å². The summed E-state index contributed by atoms with van der Waals surface area (Å²) in [5.41, 5.74) is 6.57. The van der Waals surface area contributed by atoms with Crippen molar-refractivity contribution in [2.24, 2.45) is 5.73 Å². The van der Waals surface area contributed by atoms with Crippen molar-refractivity contribution in [2.75, 3.05) is 6.54 Å². The fraction of sp³-hybridized carbons (Fsp3) is 0.333. The molecule has 0 spiro atoms. The number of urea groups is 1. The van der Waals surface area contributed by atoms with Gasteiger partial charge in [-0.1, -0.05) is 23.2 Å². The Hall–Kier alpha value is -1.17. The van der Waals surface area contributed by atoms with E-state index in [-0.39, 0.29) is 5.38 Å². The quantitative estimate of drug-likeness (QED) is 0.841. The van der Waals surface area contributed by atoms with E-state index in [1.54, 1.807) is 12.1 Å². The summed E-state index contributed by atoms with van der Waals surface area (Å²) < 4.78 is 1.89. The van der Waals surface area contributed by atoms with Crippen LogP contribution in [0.25, 0.3) is 11.0 Å². The van der Waals surface area contributed by atoms with Gasteiger partial charge in [0, 0.05) is 13.1 Å². The van der Waals surface area contributed by atoms with Crippen molar-refractivity contribution in [1.29, 1.82) is 0 Å². The number of alkyl halides is 1. The molecule has 0 radical (unpaired) electrons. The lowest BCUT2D eigenvalue weighted by atomic mass is 10.3. The maximum Gasteiger partial charge on any atom is 0.312 e. The smallest absolute Gasteiger partial charge is 0.312 e. The molecule has 2 aromatic rings. The second-order valence-electron chi connectivity index (χ2n) is 4.28. The normalized spacial score (nSPS) is 12.6. The summed E-state index contributed by atoms with van der Waals surface area (Å²) in [5.74, 6) is 0.686. The number of hydrogen-bond acceptors (Lipinski definition) is 2. The summed E-state index contributed by atoms with van der Waals surface area (Å²) in [4.78, 5) is 15.2. The van der Waals surface area contributed by atoms with E-state index in [4.69, 9.17) is 40.5 Å². The van der Waals surface area contributed by atoms with E-state index < -0.39 is 6.03 Å². The van der Waals surface area contributed by atoms with Gasteiger partial charge in [0.05, 0.1) is 26.5 Å². The number of imidazole rings is 1. The zero-order valence-electron chi connectivity index (χ0n) is 10.7. The Bertz CT molecular complexity index is 654. The first-order valence-electron chi connectivity index (χ1n) is 5.92. The van der Waals surface area contributed by atoms with Crippen LogP contribution in [-0.4, -0.2) is 22.1 Å². The summed E-state index contributed by atoms with van der Waals surface area (Å²) in [6, 6.07) is 2.86. The number of nitrogens with two attached hydrogens (primary N) is 1. The van der Waals surface area contributed by atoms with Gasteiger partial charge in [0.25, 0.3) is 0 Å². The van der Waals surface area contributed by atoms with Crippen LogP contribution in [0.15, 0.2) is 12.1 Å². The molecule has 20 heavy (non-hydrogen) atoms. The molecule has 8 heteroatoms. The molecular formula is C12H13Cl3N4O. The molecule has 0 saturated heterocycles. The number of nitrogens with zero attached hydrogens (tertiary/aromatic N) is 2. The third-order valence-corrected chi connectivity index (χ3v) is 3.73. The highest BCUT2D eigenvalue weighted by Crippen LogP contribution is 2.30. The molecule has 0 fully saturated rings. The lowest BCUT2D eigenvalue weighted by Crippen LogP contribution is -2.32. The molecule has 2 rings (SSSR count). The first kappa shape index (κ1) is 15.2. The number of nitrogens with one attached hydrogen (secondary N) is 1. The first-order valence-corrected chi connectivity index (χ1v) is 7.12. The van der Waals surface area contributed by atoms with Crippen molar-refractivity contribution in [3.05, 3.63) is 28.0 Å². The molecule has 3 N–H and O–H groups in total. The van der Waals surface area contributed by atoms with Gasteiger partial charge in [-0.25, -0.2) is 9.78 Å². The van der Waals surface area contributed by atoms with E-state index in [2.05, 4.69) is 10.3 Å². The van der Waals surface area contributed by atoms with Gasteiger partial charge in [-0.2, -0.15) is 0 Å². The van der Waals surface area contributed by atoms with Crippen molar-refractivity contribution < 1.29 is 4.79 Å². The van der Waals surface area contributed by atoms with Gasteiger partial charge < -0.3 is 15.6 Å². The second kappa shape index (κ2) is 6.08. The van der Waals surface area contributed by atoms with Crippen LogP contribution in [0.3, 0.4) is 0 Å². The average Bonchev–Trinajstić information content (AvgIpc) is 2.68. The van der Waals surface area contributed by atoms with Crippen LogP contribution in [0, 0.1) is 0 Å². The molecule has 0 bridgehead atoms. The van der Waals surface area contributed by atoms with E-state index in [0.29, 0.717) is 34.5 Å². The second-order valence-corrected chi connectivity index (χ2v) is 5.75. The predicted molar refractivity (Wildman–Crippen MR) is 81.6 cm³/mol. The van der Waals surface area contributed by atoms with Crippen molar-refractivity contribution in [3.63, 3.8) is 0 Å². The lowest BCUT2D eigenvalue weighted by molar-refractivity contribution is 0.248. The summed E-state index contributed by atoms with van der Waals surface area (Å²) in [6.07, 6.45) is 0. The molecule has 0 aliphatic rings. The van der Waals surface area contributed by atoms with Gasteiger partial charge in [0.15, 0.2) is 0 Å². The number of primary amides is 1. The van der Waals surface area contributed by atoms with E-state index in [0.717, 1.165) is 5.52 Å². The molecular weight excluding hydrogens is 323 g/mol. The van der Waals surface area contributed by atoms with Crippen LogP contribution in [-0.2, 0) is 6.54 Å². The van der Waals surface area contributed by atoms with Crippen LogP contribution >= 0.6 is 34.8 Å². The molecule has 1 aromatic carbocycles. The van der Waals surface area contributed by atoms with Gasteiger partial charge in [0.2, 0.25) is 0 Å². The maximum absolute atomic E-state index is 10.7. The van der Waals surface area contributed by atoms with Gasteiger partial charge >= 0.3 is 6.03 Å². The van der Waals surface area contributed by atoms with Crippen LogP contribution in [0.1, 0.15) is 18.1 Å². The molecule has 1 unspecified atom stereocenters. The lowest BCUT2D eigenvalue weighted by Gasteiger charge is -2.10. The van der Waals surface area contributed by atoms with Gasteiger partial charge in [-0.3, -0.25) is 0 Å². The fourth-order valence-electron chi connectivity index (χ4n) is 1.97. The Labute approximate surface area is 131 Å². The Morgan fingerprint density at radius 1 is 1.45 bits per heavy atom. The molecule has 5 nitrogen and oxygen atoms in total. The molecule has 2 amide bonds. The summed E-state index contributed by atoms with van der Waals surface area (Å²) in [6.45, 7) is 2.69. The Kier molecular flexibility index (Phi) is 4.62. The number of carbonyl (C=O) groups is 1. The molecule has 0 aliphatic carbocycles. The zero-order valence-corrected chi connectivity index (χ0v) is 12.9. The van der Waals surface area contributed by atoms with Crippen molar-refractivity contribution in [2.45, 2.75) is 18.8 Å². The first-order chi connectivity index (χ1) is 9.40. The SMILES string of the molecule is CC(Cl)c1nc2cc(Cl)c(Cl)cc2n1CCNC(N)=O. The number of aromatic nitrogens is 2. The highest BCUT2D eigenvalue weighted by molar-refractivity contribution is 6.42. The monoisotopic (exact) mass is 334 g/mol. The average molecular weight is 336 g/mol. The van der Waals surface area contributed by atoms with Gasteiger partial charge in [0.1, 0.15) is 5.82 Å². The van der Waals surface area contributed by atoms with Crippen molar-refractivity contribution in [3.8, 4) is 0 Å². The Morgan fingerprint density at radius 2 is 2.10 bits per heavy atom. The summed E-state index contributed by atoms with van der Waals surface area (Å²) in [7, 11) is 0. The number of carbonyl (C=O) groups excluding carboxylic acids is 1. The van der Waals surface area contributed by atoms with E-state index in [1.807, 2.05) is 11.5 Å². The number of benzene rings is 1. The largest absolute Gasteiger partial charge is 0.352 e. The third-order valence-electron chi connectivity index (χ3n) is 2.81. The highest BCUT2D eigenvalue weighted by Gasteiger charge is 2.16. The van der Waals surface area contributed by atoms with Crippen molar-refractivity contribution >= 4 is 51.9 Å². The minimum Gasteiger partial charge on any atom is -0.352 e. The van der Waals surface area contributed by atoms with Crippen LogP contribution in [0.5, 0.6) is 0 Å². The Morgan fingerprint density at radius 3 is 2.70 bits per heavy atom. The van der Waals surface area contributed by atoms with E-state index in [1.165, 1.54) is 0 Å². The standard InChI is InChI=1S/C12H13Cl3N4O/c1-6(13)11-18-9-4-7(14)8(15)5-10(9)19(11)3-2-17-12(16)20/h4-6H,2-3H2,1H3,(H3,16,17,20). The van der Waals surface area contributed by atoms with Crippen LogP contribution in [0.4, 0.5) is 4.79 Å². The molecule has 1 heterocycles. The maximum atomic E-state index is 10.7. The molecule has 0 saturated carbocycles. The van der Waals surface area contributed by atoms with Crippen molar-refractivity contribution in [1.82, 2.24) is 14.9 Å². The topological polar surface area (TPSA) is 72.9 Å². The highest BCUT2D eigenvalue weighted by atomic mass is 35.5. The van der Waals surface area contributed by atoms with Gasteiger partial charge in [-0.15, -0.1) is 11.6 Å². The number of rotatable bonds is 4. The molecule has 1 atom stereocenters. The minimum atomic E-state index is -0.573. The van der Waals surface area contributed by atoms with E-state index >= 15 is 0 Å². The summed E-state index contributed by atoms with van der Waals surface area (Å²) >= 11 is 18.2. The number of fused-ring (bicyclic) bond motifs is 1. The zero-order chi connectivity index (χ0) is 14.9. The third kappa shape index (κ3) is 3.11. The predicted octanol–water partition coefficient (Wildman–Crippen LogP) is 3.31. The number of amides is 2. The summed E-state index contributed by atoms with van der Waals surface area (Å²) in [5, 5.41) is 3.12. The number of halogens is 3.